The number of rotatable bonds is 8. The Labute approximate surface area is 155 Å². The van der Waals surface area contributed by atoms with Crippen LogP contribution in [-0.2, 0) is 11.2 Å². The van der Waals surface area contributed by atoms with Gasteiger partial charge < -0.3 is 9.15 Å². The fraction of sp³-hybridized carbons (Fsp3) is 0.348. The third-order valence-electron chi connectivity index (χ3n) is 4.74. The Morgan fingerprint density at radius 3 is 2.46 bits per heavy atom. The van der Waals surface area contributed by atoms with Crippen molar-refractivity contribution in [2.24, 2.45) is 0 Å². The molecule has 0 radical (unpaired) electrons. The van der Waals surface area contributed by atoms with E-state index in [1.807, 2.05) is 12.1 Å². The summed E-state index contributed by atoms with van der Waals surface area (Å²) in [6, 6.07) is 15.9. The number of methoxy groups -OCH3 is 1. The van der Waals surface area contributed by atoms with Gasteiger partial charge in [0.1, 0.15) is 11.3 Å². The summed E-state index contributed by atoms with van der Waals surface area (Å²) in [4.78, 5) is 11.7. The van der Waals surface area contributed by atoms with E-state index in [0.29, 0.717) is 5.56 Å². The molecular formula is C23H26O3. The van der Waals surface area contributed by atoms with Crippen molar-refractivity contribution in [3.05, 3.63) is 59.7 Å². The molecule has 3 heteroatoms. The highest BCUT2D eigenvalue weighted by Crippen LogP contribution is 2.29. The molecule has 0 saturated heterocycles. The van der Waals surface area contributed by atoms with E-state index in [1.54, 1.807) is 12.1 Å². The van der Waals surface area contributed by atoms with Gasteiger partial charge >= 0.3 is 5.97 Å². The van der Waals surface area contributed by atoms with Crippen LogP contribution in [0.1, 0.15) is 54.9 Å². The van der Waals surface area contributed by atoms with E-state index in [2.05, 4.69) is 31.2 Å². The maximum atomic E-state index is 11.7. The molecular weight excluding hydrogens is 324 g/mol. The summed E-state index contributed by atoms with van der Waals surface area (Å²) >= 11 is 0. The zero-order valence-electron chi connectivity index (χ0n) is 15.6. The van der Waals surface area contributed by atoms with Crippen LogP contribution >= 0.6 is 0 Å². The number of furan rings is 1. The minimum absolute atomic E-state index is 0.335. The van der Waals surface area contributed by atoms with Crippen LogP contribution in [0.5, 0.6) is 0 Å². The molecule has 3 nitrogen and oxygen atoms in total. The van der Waals surface area contributed by atoms with E-state index in [4.69, 9.17) is 9.15 Å². The summed E-state index contributed by atoms with van der Waals surface area (Å²) in [5.41, 5.74) is 3.73. The van der Waals surface area contributed by atoms with Gasteiger partial charge in [0, 0.05) is 10.9 Å². The number of carbonyl (C=O) groups is 1. The van der Waals surface area contributed by atoms with Crippen LogP contribution in [0.2, 0.25) is 0 Å². The number of esters is 1. The van der Waals surface area contributed by atoms with Crippen molar-refractivity contribution in [3.8, 4) is 11.3 Å². The van der Waals surface area contributed by atoms with Crippen LogP contribution in [-0.4, -0.2) is 13.1 Å². The summed E-state index contributed by atoms with van der Waals surface area (Å²) in [5, 5.41) is 0.905. The van der Waals surface area contributed by atoms with Crippen LogP contribution in [0, 0.1) is 0 Å². The van der Waals surface area contributed by atoms with Crippen LogP contribution in [0.15, 0.2) is 52.9 Å². The molecule has 0 aliphatic carbocycles. The Hall–Kier alpha value is -2.55. The van der Waals surface area contributed by atoms with Crippen molar-refractivity contribution >= 4 is 16.9 Å². The summed E-state index contributed by atoms with van der Waals surface area (Å²) < 4.78 is 10.7. The first-order chi connectivity index (χ1) is 12.7. The third kappa shape index (κ3) is 4.34. The number of hydrogen-bond donors (Lipinski definition) is 0. The number of fused-ring (bicyclic) bond motifs is 1. The number of hydrogen-bond acceptors (Lipinski definition) is 3. The molecule has 0 fully saturated rings. The lowest BCUT2D eigenvalue weighted by Crippen LogP contribution is -1.99. The van der Waals surface area contributed by atoms with Crippen molar-refractivity contribution in [3.63, 3.8) is 0 Å². The van der Waals surface area contributed by atoms with Gasteiger partial charge in [-0.05, 0) is 42.7 Å². The van der Waals surface area contributed by atoms with Crippen molar-refractivity contribution in [2.45, 2.75) is 45.4 Å². The lowest BCUT2D eigenvalue weighted by atomic mass is 10.0. The Kier molecular flexibility index (Phi) is 6.11. The zero-order valence-corrected chi connectivity index (χ0v) is 15.6. The predicted octanol–water partition coefficient (Wildman–Crippen LogP) is 6.40. The summed E-state index contributed by atoms with van der Waals surface area (Å²) in [6.45, 7) is 2.24. The molecule has 1 heterocycles. The van der Waals surface area contributed by atoms with E-state index < -0.39 is 0 Å². The van der Waals surface area contributed by atoms with Gasteiger partial charge in [0.2, 0.25) is 0 Å². The molecule has 0 amide bonds. The van der Waals surface area contributed by atoms with Gasteiger partial charge in [-0.1, -0.05) is 56.9 Å². The molecule has 0 unspecified atom stereocenters. The molecule has 136 valence electrons. The Bertz CT molecular complexity index is 859. The largest absolute Gasteiger partial charge is 0.465 e. The standard InChI is InChI=1S/C23H26O3/c1-3-4-5-6-7-8-17-9-11-18(12-10-17)22-16-20-15-19(23(24)25-2)13-14-21(20)26-22/h9-16H,3-8H2,1-2H3. The first kappa shape index (κ1) is 18.2. The average molecular weight is 350 g/mol. The number of benzene rings is 2. The van der Waals surface area contributed by atoms with Gasteiger partial charge in [-0.25, -0.2) is 4.79 Å². The van der Waals surface area contributed by atoms with Gasteiger partial charge in [-0.2, -0.15) is 0 Å². The maximum Gasteiger partial charge on any atom is 0.337 e. The zero-order chi connectivity index (χ0) is 18.4. The fourth-order valence-electron chi connectivity index (χ4n) is 3.20. The van der Waals surface area contributed by atoms with E-state index in [9.17, 15) is 4.79 Å². The van der Waals surface area contributed by atoms with Crippen molar-refractivity contribution in [1.82, 2.24) is 0 Å². The monoisotopic (exact) mass is 350 g/mol. The first-order valence-corrected chi connectivity index (χ1v) is 9.42. The summed E-state index contributed by atoms with van der Waals surface area (Å²) in [5.74, 6) is 0.481. The van der Waals surface area contributed by atoms with Gasteiger partial charge in [-0.15, -0.1) is 0 Å². The quantitative estimate of drug-likeness (QED) is 0.348. The third-order valence-corrected chi connectivity index (χ3v) is 4.74. The van der Waals surface area contributed by atoms with Crippen molar-refractivity contribution in [2.75, 3.05) is 7.11 Å². The molecule has 0 atom stereocenters. The van der Waals surface area contributed by atoms with E-state index in [0.717, 1.165) is 28.7 Å². The number of aryl methyl sites for hydroxylation is 1. The van der Waals surface area contributed by atoms with E-state index in [1.165, 1.54) is 44.8 Å². The molecule has 3 rings (SSSR count). The Morgan fingerprint density at radius 1 is 0.962 bits per heavy atom. The van der Waals surface area contributed by atoms with E-state index >= 15 is 0 Å². The molecule has 0 aliphatic rings. The highest BCUT2D eigenvalue weighted by Gasteiger charge is 2.10. The molecule has 1 aromatic heterocycles. The number of carbonyl (C=O) groups excluding carboxylic acids is 1. The Balaban J connectivity index is 1.69. The maximum absolute atomic E-state index is 11.7. The molecule has 0 bridgehead atoms. The van der Waals surface area contributed by atoms with Gasteiger partial charge in [0.15, 0.2) is 0 Å². The Morgan fingerprint density at radius 2 is 1.73 bits per heavy atom. The molecule has 26 heavy (non-hydrogen) atoms. The van der Waals surface area contributed by atoms with Crippen LogP contribution in [0.4, 0.5) is 0 Å². The smallest absolute Gasteiger partial charge is 0.337 e. The van der Waals surface area contributed by atoms with E-state index in [-0.39, 0.29) is 5.97 Å². The van der Waals surface area contributed by atoms with Gasteiger partial charge in [0.05, 0.1) is 12.7 Å². The molecule has 0 spiro atoms. The highest BCUT2D eigenvalue weighted by molar-refractivity contribution is 5.95. The SMILES string of the molecule is CCCCCCCc1ccc(-c2cc3cc(C(=O)OC)ccc3o2)cc1. The summed E-state index contributed by atoms with van der Waals surface area (Å²) in [6.07, 6.45) is 7.64. The molecule has 0 N–H and O–H groups in total. The van der Waals surface area contributed by atoms with Crippen LogP contribution in [0.3, 0.4) is 0 Å². The fourth-order valence-corrected chi connectivity index (χ4v) is 3.20. The van der Waals surface area contributed by atoms with Crippen molar-refractivity contribution < 1.29 is 13.9 Å². The van der Waals surface area contributed by atoms with Crippen LogP contribution < -0.4 is 0 Å². The van der Waals surface area contributed by atoms with Gasteiger partial charge in [-0.3, -0.25) is 0 Å². The lowest BCUT2D eigenvalue weighted by Gasteiger charge is -2.03. The first-order valence-electron chi connectivity index (χ1n) is 9.42. The second-order valence-corrected chi connectivity index (χ2v) is 6.72. The molecule has 0 aliphatic heterocycles. The second-order valence-electron chi connectivity index (χ2n) is 6.72. The number of unbranched alkanes of at least 4 members (excludes halogenated alkanes) is 4. The van der Waals surface area contributed by atoms with Crippen LogP contribution in [0.25, 0.3) is 22.3 Å². The lowest BCUT2D eigenvalue weighted by molar-refractivity contribution is 0.0601. The van der Waals surface area contributed by atoms with Crippen molar-refractivity contribution in [1.29, 1.82) is 0 Å². The predicted molar refractivity (Wildman–Crippen MR) is 105 cm³/mol. The highest BCUT2D eigenvalue weighted by atomic mass is 16.5. The number of ether oxygens (including phenoxy) is 1. The summed E-state index contributed by atoms with van der Waals surface area (Å²) in [7, 11) is 1.39. The normalized spacial score (nSPS) is 11.0. The molecule has 3 aromatic rings. The topological polar surface area (TPSA) is 39.4 Å². The average Bonchev–Trinajstić information content (AvgIpc) is 3.11. The van der Waals surface area contributed by atoms with Gasteiger partial charge in [0.25, 0.3) is 0 Å². The molecule has 0 saturated carbocycles. The minimum atomic E-state index is -0.335. The molecule has 2 aromatic carbocycles. The second kappa shape index (κ2) is 8.70. The minimum Gasteiger partial charge on any atom is -0.465 e.